The van der Waals surface area contributed by atoms with E-state index in [-0.39, 0.29) is 17.6 Å². The lowest BCUT2D eigenvalue weighted by Crippen LogP contribution is -2.40. The molecule has 158 valence electrons. The lowest BCUT2D eigenvalue weighted by molar-refractivity contribution is -0.124. The molecule has 3 aromatic carbocycles. The molecule has 0 aliphatic carbocycles. The van der Waals surface area contributed by atoms with Crippen LogP contribution >= 0.6 is 23.4 Å². The zero-order valence-corrected chi connectivity index (χ0v) is 18.3. The van der Waals surface area contributed by atoms with E-state index >= 15 is 0 Å². The third-order valence-electron chi connectivity index (χ3n) is 5.05. The van der Waals surface area contributed by atoms with Crippen LogP contribution in [-0.2, 0) is 9.59 Å². The van der Waals surface area contributed by atoms with E-state index in [1.807, 2.05) is 54.6 Å². The predicted molar refractivity (Wildman–Crippen MR) is 129 cm³/mol. The molecule has 0 fully saturated rings. The van der Waals surface area contributed by atoms with Gasteiger partial charge < -0.3 is 5.32 Å². The molecule has 0 saturated heterocycles. The number of nitrogens with zero attached hydrogens (tertiary/aromatic N) is 3. The monoisotopic (exact) mass is 460 g/mol. The second kappa shape index (κ2) is 8.61. The Labute approximate surface area is 194 Å². The Kier molecular flexibility index (Phi) is 5.51. The van der Waals surface area contributed by atoms with Crippen LogP contribution in [0.1, 0.15) is 17.2 Å². The molecule has 5 rings (SSSR count). The Morgan fingerprint density at radius 2 is 1.72 bits per heavy atom. The SMILES string of the molecule is O=C(CSC1=Nc2ccccc2C2=N[C@H](c3ccccc3)C(=O)N12)Nc1ccc(Cl)cc1. The van der Waals surface area contributed by atoms with Crippen LogP contribution in [0, 0.1) is 0 Å². The molecule has 3 aromatic rings. The molecular weight excluding hydrogens is 444 g/mol. The number of carbonyl (C=O) groups is 2. The maximum Gasteiger partial charge on any atom is 0.263 e. The predicted octanol–water partition coefficient (Wildman–Crippen LogP) is 5.04. The van der Waals surface area contributed by atoms with Gasteiger partial charge >= 0.3 is 0 Å². The Bertz CT molecular complexity index is 1260. The smallest absolute Gasteiger partial charge is 0.263 e. The number of carbonyl (C=O) groups excluding carboxylic acids is 2. The summed E-state index contributed by atoms with van der Waals surface area (Å²) in [6.07, 6.45) is 0. The molecule has 2 aliphatic heterocycles. The molecule has 0 radical (unpaired) electrons. The lowest BCUT2D eigenvalue weighted by Gasteiger charge is -2.25. The van der Waals surface area contributed by atoms with Crippen molar-refractivity contribution >= 4 is 57.6 Å². The molecule has 6 nitrogen and oxygen atoms in total. The molecule has 2 aliphatic rings. The Morgan fingerprint density at radius 1 is 1.00 bits per heavy atom. The maximum atomic E-state index is 13.3. The molecule has 32 heavy (non-hydrogen) atoms. The number of amidine groups is 2. The molecule has 0 saturated carbocycles. The normalized spacial score (nSPS) is 16.7. The summed E-state index contributed by atoms with van der Waals surface area (Å²) in [5.74, 6) is 0.278. The molecular formula is C24H17ClN4O2S. The number of anilines is 1. The molecule has 1 atom stereocenters. The molecule has 8 heteroatoms. The van der Waals surface area contributed by atoms with Crippen molar-refractivity contribution in [2.45, 2.75) is 6.04 Å². The van der Waals surface area contributed by atoms with Crippen LogP contribution in [0.3, 0.4) is 0 Å². The van der Waals surface area contributed by atoms with E-state index in [0.717, 1.165) is 16.8 Å². The first-order valence-corrected chi connectivity index (χ1v) is 11.3. The van der Waals surface area contributed by atoms with E-state index in [1.165, 1.54) is 16.7 Å². The van der Waals surface area contributed by atoms with Crippen molar-refractivity contribution in [3.05, 3.63) is 95.0 Å². The summed E-state index contributed by atoms with van der Waals surface area (Å²) < 4.78 is 0. The first kappa shape index (κ1) is 20.5. The topological polar surface area (TPSA) is 74.1 Å². The summed E-state index contributed by atoms with van der Waals surface area (Å²) in [5, 5.41) is 3.87. The van der Waals surface area contributed by atoms with Crippen molar-refractivity contribution in [3.8, 4) is 0 Å². The fourth-order valence-electron chi connectivity index (χ4n) is 3.56. The van der Waals surface area contributed by atoms with E-state index in [4.69, 9.17) is 16.6 Å². The van der Waals surface area contributed by atoms with Gasteiger partial charge in [0.2, 0.25) is 5.91 Å². The van der Waals surface area contributed by atoms with E-state index in [2.05, 4.69) is 10.3 Å². The Morgan fingerprint density at radius 3 is 2.50 bits per heavy atom. The molecule has 0 unspecified atom stereocenters. The van der Waals surface area contributed by atoms with Crippen LogP contribution in [0.5, 0.6) is 0 Å². The number of aliphatic imine (C=N–C) groups is 2. The number of amides is 2. The van der Waals surface area contributed by atoms with E-state index in [1.54, 1.807) is 24.3 Å². The average molecular weight is 461 g/mol. The third-order valence-corrected chi connectivity index (χ3v) is 6.24. The van der Waals surface area contributed by atoms with Crippen LogP contribution in [0.15, 0.2) is 88.8 Å². The van der Waals surface area contributed by atoms with Gasteiger partial charge in [0.15, 0.2) is 11.2 Å². The largest absolute Gasteiger partial charge is 0.325 e. The first-order chi connectivity index (χ1) is 15.6. The highest BCUT2D eigenvalue weighted by molar-refractivity contribution is 8.14. The van der Waals surface area contributed by atoms with Crippen LogP contribution < -0.4 is 5.32 Å². The zero-order valence-electron chi connectivity index (χ0n) is 16.7. The van der Waals surface area contributed by atoms with Gasteiger partial charge in [0.25, 0.3) is 5.91 Å². The van der Waals surface area contributed by atoms with Gasteiger partial charge in [-0.05, 0) is 42.0 Å². The second-order valence-corrected chi connectivity index (χ2v) is 8.57. The summed E-state index contributed by atoms with van der Waals surface area (Å²) >= 11 is 7.10. The maximum absolute atomic E-state index is 13.3. The van der Waals surface area contributed by atoms with Gasteiger partial charge in [-0.2, -0.15) is 0 Å². The summed E-state index contributed by atoms with van der Waals surface area (Å²) in [7, 11) is 0. The summed E-state index contributed by atoms with van der Waals surface area (Å²) in [4.78, 5) is 36.8. The van der Waals surface area contributed by atoms with Gasteiger partial charge in [-0.3, -0.25) is 9.59 Å². The number of fused-ring (bicyclic) bond motifs is 3. The van der Waals surface area contributed by atoms with Crippen molar-refractivity contribution in [1.29, 1.82) is 0 Å². The fourth-order valence-corrected chi connectivity index (χ4v) is 4.49. The summed E-state index contributed by atoms with van der Waals surface area (Å²) in [5.41, 5.74) is 3.00. The quantitative estimate of drug-likeness (QED) is 0.592. The fraction of sp³-hybridized carbons (Fsp3) is 0.0833. The third kappa shape index (κ3) is 3.92. The highest BCUT2D eigenvalue weighted by Gasteiger charge is 2.42. The van der Waals surface area contributed by atoms with Crippen molar-refractivity contribution in [2.75, 3.05) is 11.1 Å². The van der Waals surface area contributed by atoms with Gasteiger partial charge in [-0.25, -0.2) is 14.9 Å². The Balaban J connectivity index is 1.40. The molecule has 0 spiro atoms. The minimum atomic E-state index is -0.633. The van der Waals surface area contributed by atoms with Crippen molar-refractivity contribution < 1.29 is 9.59 Å². The highest BCUT2D eigenvalue weighted by Crippen LogP contribution is 2.37. The lowest BCUT2D eigenvalue weighted by atomic mass is 10.1. The van der Waals surface area contributed by atoms with Crippen molar-refractivity contribution in [2.24, 2.45) is 9.98 Å². The Hall–Kier alpha value is -3.42. The van der Waals surface area contributed by atoms with Gasteiger partial charge in [0.1, 0.15) is 5.84 Å². The average Bonchev–Trinajstić information content (AvgIpc) is 3.17. The second-order valence-electron chi connectivity index (χ2n) is 7.19. The number of rotatable bonds is 4. The molecule has 0 aromatic heterocycles. The van der Waals surface area contributed by atoms with E-state index < -0.39 is 6.04 Å². The highest BCUT2D eigenvalue weighted by atomic mass is 35.5. The number of benzene rings is 3. The first-order valence-electron chi connectivity index (χ1n) is 9.93. The van der Waals surface area contributed by atoms with Crippen LogP contribution in [0.4, 0.5) is 11.4 Å². The number of halogens is 1. The number of hydrogen-bond acceptors (Lipinski definition) is 5. The molecule has 1 N–H and O–H groups in total. The molecule has 2 heterocycles. The standard InChI is InChI=1S/C24H17ClN4O2S/c25-16-10-12-17(13-11-16)26-20(30)14-32-24-27-19-9-5-4-8-18(19)22-28-21(23(31)29(22)24)15-6-2-1-3-7-15/h1-13,21H,14H2,(H,26,30)/t21-/m1/s1. The minimum Gasteiger partial charge on any atom is -0.325 e. The minimum absolute atomic E-state index is 0.0939. The van der Waals surface area contributed by atoms with Gasteiger partial charge in [-0.1, -0.05) is 65.8 Å². The van der Waals surface area contributed by atoms with Crippen molar-refractivity contribution in [1.82, 2.24) is 4.90 Å². The number of hydrogen-bond donors (Lipinski definition) is 1. The summed E-state index contributed by atoms with van der Waals surface area (Å²) in [6, 6.07) is 23.3. The zero-order chi connectivity index (χ0) is 22.1. The number of para-hydroxylation sites is 1. The van der Waals surface area contributed by atoms with Gasteiger partial charge in [0.05, 0.1) is 11.4 Å². The number of thioether (sulfide) groups is 1. The van der Waals surface area contributed by atoms with Gasteiger partial charge in [-0.15, -0.1) is 0 Å². The van der Waals surface area contributed by atoms with E-state index in [0.29, 0.717) is 21.7 Å². The molecule has 2 amide bonds. The number of nitrogens with one attached hydrogen (secondary N) is 1. The van der Waals surface area contributed by atoms with Gasteiger partial charge in [0, 0.05) is 16.3 Å². The van der Waals surface area contributed by atoms with E-state index in [9.17, 15) is 9.59 Å². The van der Waals surface area contributed by atoms with Crippen LogP contribution in [-0.4, -0.2) is 33.5 Å². The van der Waals surface area contributed by atoms with Crippen LogP contribution in [0.25, 0.3) is 0 Å². The summed E-state index contributed by atoms with van der Waals surface area (Å²) in [6.45, 7) is 0. The molecule has 0 bridgehead atoms. The van der Waals surface area contributed by atoms with Crippen molar-refractivity contribution in [3.63, 3.8) is 0 Å². The van der Waals surface area contributed by atoms with Crippen LogP contribution in [0.2, 0.25) is 5.02 Å².